The monoisotopic (exact) mass is 396 g/mol. The predicted octanol–water partition coefficient (Wildman–Crippen LogP) is 3.24. The SMILES string of the molecule is CCN(c1ccccc1)S(=O)(=O)c1ccc(NC(=O)CBr)cc1. The van der Waals surface area contributed by atoms with E-state index in [1.807, 2.05) is 6.07 Å². The number of nitrogens with one attached hydrogen (secondary N) is 1. The van der Waals surface area contributed by atoms with Gasteiger partial charge in [-0.1, -0.05) is 34.1 Å². The Morgan fingerprint density at radius 1 is 1.09 bits per heavy atom. The number of benzene rings is 2. The molecule has 0 aliphatic carbocycles. The van der Waals surface area contributed by atoms with E-state index in [2.05, 4.69) is 21.2 Å². The molecule has 0 saturated carbocycles. The third kappa shape index (κ3) is 4.11. The number of nitrogens with zero attached hydrogens (tertiary/aromatic N) is 1. The zero-order valence-corrected chi connectivity index (χ0v) is 15.0. The zero-order valence-electron chi connectivity index (χ0n) is 12.6. The minimum atomic E-state index is -3.64. The number of anilines is 2. The molecule has 0 unspecified atom stereocenters. The predicted molar refractivity (Wildman–Crippen MR) is 95.5 cm³/mol. The van der Waals surface area contributed by atoms with Gasteiger partial charge in [-0.25, -0.2) is 8.42 Å². The van der Waals surface area contributed by atoms with E-state index in [0.717, 1.165) is 0 Å². The van der Waals surface area contributed by atoms with E-state index in [9.17, 15) is 13.2 Å². The first-order valence-electron chi connectivity index (χ1n) is 7.02. The van der Waals surface area contributed by atoms with Gasteiger partial charge in [0.1, 0.15) is 0 Å². The number of hydrogen-bond donors (Lipinski definition) is 1. The second kappa shape index (κ2) is 7.61. The summed E-state index contributed by atoms with van der Waals surface area (Å²) in [7, 11) is -3.64. The lowest BCUT2D eigenvalue weighted by Gasteiger charge is -2.23. The van der Waals surface area contributed by atoms with Crippen molar-refractivity contribution in [3.05, 3.63) is 54.6 Å². The maximum absolute atomic E-state index is 12.8. The maximum Gasteiger partial charge on any atom is 0.264 e. The Labute approximate surface area is 144 Å². The number of sulfonamides is 1. The second-order valence-corrected chi connectivity index (χ2v) is 7.13. The Balaban J connectivity index is 2.30. The highest BCUT2D eigenvalue weighted by molar-refractivity contribution is 9.09. The van der Waals surface area contributed by atoms with Crippen LogP contribution in [0.4, 0.5) is 11.4 Å². The Hall–Kier alpha value is -1.86. The normalized spacial score (nSPS) is 11.0. The first-order chi connectivity index (χ1) is 11.0. The molecule has 122 valence electrons. The van der Waals surface area contributed by atoms with Crippen LogP contribution in [0, 0.1) is 0 Å². The first kappa shape index (κ1) is 17.5. The van der Waals surface area contributed by atoms with Crippen LogP contribution in [-0.2, 0) is 14.8 Å². The minimum Gasteiger partial charge on any atom is -0.325 e. The van der Waals surface area contributed by atoms with Crippen LogP contribution < -0.4 is 9.62 Å². The number of carbonyl (C=O) groups is 1. The molecule has 2 rings (SSSR count). The lowest BCUT2D eigenvalue weighted by atomic mass is 10.3. The van der Waals surface area contributed by atoms with Crippen LogP contribution in [0.2, 0.25) is 0 Å². The molecule has 1 amide bonds. The summed E-state index contributed by atoms with van der Waals surface area (Å²) in [6, 6.07) is 15.1. The molecule has 0 atom stereocenters. The van der Waals surface area contributed by atoms with Crippen LogP contribution >= 0.6 is 15.9 Å². The van der Waals surface area contributed by atoms with Crippen molar-refractivity contribution in [1.82, 2.24) is 0 Å². The van der Waals surface area contributed by atoms with Crippen LogP contribution in [0.15, 0.2) is 59.5 Å². The van der Waals surface area contributed by atoms with Gasteiger partial charge in [-0.15, -0.1) is 0 Å². The fraction of sp³-hybridized carbons (Fsp3) is 0.188. The highest BCUT2D eigenvalue weighted by Crippen LogP contribution is 2.24. The Kier molecular flexibility index (Phi) is 5.79. The summed E-state index contributed by atoms with van der Waals surface area (Å²) in [5.41, 5.74) is 1.17. The molecule has 7 heteroatoms. The summed E-state index contributed by atoms with van der Waals surface area (Å²) in [5, 5.41) is 2.84. The van der Waals surface area contributed by atoms with E-state index < -0.39 is 10.0 Å². The molecule has 0 radical (unpaired) electrons. The average molecular weight is 397 g/mol. The molecule has 0 heterocycles. The van der Waals surface area contributed by atoms with Gasteiger partial charge in [-0.3, -0.25) is 9.10 Å². The van der Waals surface area contributed by atoms with E-state index >= 15 is 0 Å². The van der Waals surface area contributed by atoms with Crippen molar-refractivity contribution >= 4 is 43.2 Å². The number of carbonyl (C=O) groups excluding carboxylic acids is 1. The highest BCUT2D eigenvalue weighted by Gasteiger charge is 2.23. The van der Waals surface area contributed by atoms with Crippen molar-refractivity contribution in [2.24, 2.45) is 0 Å². The molecular weight excluding hydrogens is 380 g/mol. The van der Waals surface area contributed by atoms with Gasteiger partial charge in [0.05, 0.1) is 15.9 Å². The summed E-state index contributed by atoms with van der Waals surface area (Å²) in [4.78, 5) is 11.5. The molecule has 0 saturated heterocycles. The maximum atomic E-state index is 12.8. The highest BCUT2D eigenvalue weighted by atomic mass is 79.9. The van der Waals surface area contributed by atoms with E-state index in [1.165, 1.54) is 16.4 Å². The van der Waals surface area contributed by atoms with Crippen LogP contribution in [0.25, 0.3) is 0 Å². The van der Waals surface area contributed by atoms with Crippen molar-refractivity contribution in [3.63, 3.8) is 0 Å². The molecule has 0 spiro atoms. The lowest BCUT2D eigenvalue weighted by molar-refractivity contribution is -0.113. The number of amides is 1. The number of alkyl halides is 1. The summed E-state index contributed by atoms with van der Waals surface area (Å²) < 4.78 is 26.9. The summed E-state index contributed by atoms with van der Waals surface area (Å²) in [6.45, 7) is 2.11. The van der Waals surface area contributed by atoms with E-state index in [1.54, 1.807) is 43.3 Å². The molecule has 1 N–H and O–H groups in total. The van der Waals surface area contributed by atoms with Gasteiger partial charge >= 0.3 is 0 Å². The van der Waals surface area contributed by atoms with E-state index in [0.29, 0.717) is 17.9 Å². The van der Waals surface area contributed by atoms with Crippen LogP contribution in [0.5, 0.6) is 0 Å². The standard InChI is InChI=1S/C16H17BrN2O3S/c1-2-19(14-6-4-3-5-7-14)23(21,22)15-10-8-13(9-11-15)18-16(20)12-17/h3-11H,2,12H2,1H3,(H,18,20). The van der Waals surface area contributed by atoms with Crippen molar-refractivity contribution in [3.8, 4) is 0 Å². The van der Waals surface area contributed by atoms with Gasteiger partial charge in [-0.2, -0.15) is 0 Å². The Morgan fingerprint density at radius 2 is 1.70 bits per heavy atom. The molecule has 5 nitrogen and oxygen atoms in total. The largest absolute Gasteiger partial charge is 0.325 e. The number of rotatable bonds is 6. The van der Waals surface area contributed by atoms with E-state index in [4.69, 9.17) is 0 Å². The van der Waals surface area contributed by atoms with Gasteiger partial charge in [-0.05, 0) is 43.3 Å². The zero-order chi connectivity index (χ0) is 16.9. The van der Waals surface area contributed by atoms with Gasteiger partial charge in [0.25, 0.3) is 10.0 Å². The smallest absolute Gasteiger partial charge is 0.264 e. The van der Waals surface area contributed by atoms with Gasteiger partial charge in [0.15, 0.2) is 0 Å². The van der Waals surface area contributed by atoms with Crippen molar-refractivity contribution in [2.75, 3.05) is 21.5 Å². The van der Waals surface area contributed by atoms with Gasteiger partial charge in [0.2, 0.25) is 5.91 Å². The topological polar surface area (TPSA) is 66.5 Å². The number of hydrogen-bond acceptors (Lipinski definition) is 3. The molecule has 0 aliphatic rings. The van der Waals surface area contributed by atoms with Crippen LogP contribution in [0.3, 0.4) is 0 Å². The number of halogens is 1. The van der Waals surface area contributed by atoms with Crippen molar-refractivity contribution in [2.45, 2.75) is 11.8 Å². The average Bonchev–Trinajstić information content (AvgIpc) is 2.56. The molecule has 2 aromatic carbocycles. The third-order valence-electron chi connectivity index (χ3n) is 3.18. The molecule has 0 aromatic heterocycles. The molecular formula is C16H17BrN2O3S. The quantitative estimate of drug-likeness (QED) is 0.762. The van der Waals surface area contributed by atoms with Crippen molar-refractivity contribution < 1.29 is 13.2 Å². The molecule has 0 bridgehead atoms. The van der Waals surface area contributed by atoms with Crippen LogP contribution in [-0.4, -0.2) is 26.2 Å². The summed E-state index contributed by atoms with van der Waals surface area (Å²) in [5.74, 6) is -0.194. The van der Waals surface area contributed by atoms with Crippen molar-refractivity contribution in [1.29, 1.82) is 0 Å². The molecule has 0 aliphatic heterocycles. The van der Waals surface area contributed by atoms with Gasteiger partial charge in [0, 0.05) is 12.2 Å². The lowest BCUT2D eigenvalue weighted by Crippen LogP contribution is -2.30. The molecule has 0 fully saturated rings. The second-order valence-electron chi connectivity index (χ2n) is 4.71. The first-order valence-corrected chi connectivity index (χ1v) is 9.59. The Bertz CT molecular complexity index is 762. The van der Waals surface area contributed by atoms with Gasteiger partial charge < -0.3 is 5.32 Å². The fourth-order valence-electron chi connectivity index (χ4n) is 2.12. The summed E-state index contributed by atoms with van der Waals surface area (Å²) >= 11 is 3.06. The Morgan fingerprint density at radius 3 is 2.22 bits per heavy atom. The third-order valence-corrected chi connectivity index (χ3v) is 5.61. The molecule has 2 aromatic rings. The van der Waals surface area contributed by atoms with Crippen LogP contribution in [0.1, 0.15) is 6.92 Å². The molecule has 23 heavy (non-hydrogen) atoms. The van der Waals surface area contributed by atoms with E-state index in [-0.39, 0.29) is 16.1 Å². The fourth-order valence-corrected chi connectivity index (χ4v) is 3.73. The number of para-hydroxylation sites is 1. The summed E-state index contributed by atoms with van der Waals surface area (Å²) in [6.07, 6.45) is 0. The minimum absolute atomic E-state index is 0.181.